The molecule has 3 rings (SSSR count). The molecule has 90 valence electrons. The molecular weight excluding hydrogens is 214 g/mol. The zero-order valence-corrected chi connectivity index (χ0v) is 9.85. The van der Waals surface area contributed by atoms with Crippen LogP contribution in [0.1, 0.15) is 34.8 Å². The molecule has 0 spiro atoms. The molecule has 1 saturated carbocycles. The van der Waals surface area contributed by atoms with E-state index in [-0.39, 0.29) is 5.91 Å². The maximum Gasteiger partial charge on any atom is 0.272 e. The van der Waals surface area contributed by atoms with Crippen molar-refractivity contribution in [1.29, 1.82) is 0 Å². The Labute approximate surface area is 101 Å². The van der Waals surface area contributed by atoms with E-state index in [1.807, 2.05) is 17.2 Å². The molecule has 1 amide bonds. The van der Waals surface area contributed by atoms with Crippen LogP contribution in [0.15, 0.2) is 18.3 Å². The molecule has 2 heterocycles. The van der Waals surface area contributed by atoms with Crippen LogP contribution in [0, 0.1) is 0 Å². The molecule has 1 aromatic rings. The van der Waals surface area contributed by atoms with Crippen LogP contribution < -0.4 is 5.32 Å². The molecule has 0 aromatic carbocycles. The minimum atomic E-state index is 0.0637. The predicted octanol–water partition coefficient (Wildman–Crippen LogP) is 1.00. The van der Waals surface area contributed by atoms with Crippen molar-refractivity contribution in [2.75, 3.05) is 26.2 Å². The fraction of sp³-hybridized carbons (Fsp3) is 0.538. The van der Waals surface area contributed by atoms with Crippen molar-refractivity contribution in [2.24, 2.45) is 0 Å². The van der Waals surface area contributed by atoms with Crippen molar-refractivity contribution in [3.8, 4) is 0 Å². The average Bonchev–Trinajstić information content (AvgIpc) is 3.24. The molecule has 17 heavy (non-hydrogen) atoms. The molecule has 1 saturated heterocycles. The van der Waals surface area contributed by atoms with Crippen LogP contribution in [0.3, 0.4) is 0 Å². The largest absolute Gasteiger partial charge is 0.335 e. The van der Waals surface area contributed by atoms with Gasteiger partial charge in [0.25, 0.3) is 5.91 Å². The van der Waals surface area contributed by atoms with E-state index in [1.165, 1.54) is 18.4 Å². The van der Waals surface area contributed by atoms with Crippen LogP contribution in [0.5, 0.6) is 0 Å². The Morgan fingerprint density at radius 1 is 1.29 bits per heavy atom. The van der Waals surface area contributed by atoms with E-state index in [2.05, 4.69) is 16.4 Å². The van der Waals surface area contributed by atoms with Crippen LogP contribution in [-0.2, 0) is 0 Å². The summed E-state index contributed by atoms with van der Waals surface area (Å²) in [5.74, 6) is 0.764. The highest BCUT2D eigenvalue weighted by molar-refractivity contribution is 5.92. The lowest BCUT2D eigenvalue weighted by atomic mass is 10.1. The Bertz CT molecular complexity index is 405. The van der Waals surface area contributed by atoms with Crippen molar-refractivity contribution >= 4 is 5.91 Å². The van der Waals surface area contributed by atoms with Crippen LogP contribution in [0.2, 0.25) is 0 Å². The molecule has 1 aliphatic heterocycles. The summed E-state index contributed by atoms with van der Waals surface area (Å²) in [6.07, 6.45) is 4.41. The molecular formula is C13H17N3O. The van der Waals surface area contributed by atoms with E-state index in [4.69, 9.17) is 0 Å². The number of carbonyl (C=O) groups is 1. The molecule has 4 nitrogen and oxygen atoms in total. The van der Waals surface area contributed by atoms with E-state index in [0.717, 1.165) is 26.2 Å². The van der Waals surface area contributed by atoms with Crippen molar-refractivity contribution in [3.05, 3.63) is 29.6 Å². The Morgan fingerprint density at radius 3 is 2.65 bits per heavy atom. The number of hydrogen-bond acceptors (Lipinski definition) is 3. The third-order valence-corrected chi connectivity index (χ3v) is 3.46. The maximum atomic E-state index is 12.1. The molecule has 0 radical (unpaired) electrons. The molecule has 1 aliphatic carbocycles. The third kappa shape index (κ3) is 2.31. The van der Waals surface area contributed by atoms with Crippen molar-refractivity contribution < 1.29 is 4.79 Å². The normalized spacial score (nSPS) is 20.4. The standard InChI is InChI=1S/C13H17N3O/c17-13(16-7-5-14-6-8-16)12-4-3-11(9-15-12)10-1-2-10/h3-4,9-10,14H,1-2,5-8H2. The SMILES string of the molecule is O=C(c1ccc(C2CC2)cn1)N1CCNCC1. The predicted molar refractivity (Wildman–Crippen MR) is 65.0 cm³/mol. The van der Waals surface area contributed by atoms with Gasteiger partial charge in [0.2, 0.25) is 0 Å². The highest BCUT2D eigenvalue weighted by atomic mass is 16.2. The van der Waals surface area contributed by atoms with Gasteiger partial charge in [0.05, 0.1) is 0 Å². The van der Waals surface area contributed by atoms with Gasteiger partial charge in [-0.05, 0) is 30.4 Å². The minimum Gasteiger partial charge on any atom is -0.335 e. The summed E-state index contributed by atoms with van der Waals surface area (Å²) in [7, 11) is 0. The van der Waals surface area contributed by atoms with E-state index < -0.39 is 0 Å². The fourth-order valence-corrected chi connectivity index (χ4v) is 2.22. The molecule has 2 aliphatic rings. The fourth-order valence-electron chi connectivity index (χ4n) is 2.22. The number of rotatable bonds is 2. The topological polar surface area (TPSA) is 45.2 Å². The van der Waals surface area contributed by atoms with E-state index in [0.29, 0.717) is 11.6 Å². The molecule has 1 aromatic heterocycles. The lowest BCUT2D eigenvalue weighted by Gasteiger charge is -2.27. The summed E-state index contributed by atoms with van der Waals surface area (Å²) in [4.78, 5) is 18.3. The van der Waals surface area contributed by atoms with Crippen LogP contribution in [0.25, 0.3) is 0 Å². The maximum absolute atomic E-state index is 12.1. The van der Waals surface area contributed by atoms with E-state index >= 15 is 0 Å². The highest BCUT2D eigenvalue weighted by Gasteiger charge is 2.24. The Kier molecular flexibility index (Phi) is 2.81. The zero-order valence-electron chi connectivity index (χ0n) is 9.85. The second kappa shape index (κ2) is 4.45. The summed E-state index contributed by atoms with van der Waals surface area (Å²) >= 11 is 0. The molecule has 4 heteroatoms. The first-order chi connectivity index (χ1) is 8.34. The van der Waals surface area contributed by atoms with Crippen molar-refractivity contribution in [2.45, 2.75) is 18.8 Å². The lowest BCUT2D eigenvalue weighted by molar-refractivity contribution is 0.0730. The summed E-state index contributed by atoms with van der Waals surface area (Å²) in [5.41, 5.74) is 1.86. The van der Waals surface area contributed by atoms with Crippen LogP contribution in [0.4, 0.5) is 0 Å². The van der Waals surface area contributed by atoms with Gasteiger partial charge >= 0.3 is 0 Å². The van der Waals surface area contributed by atoms with Gasteiger partial charge in [-0.25, -0.2) is 0 Å². The van der Waals surface area contributed by atoms with Gasteiger partial charge in [-0.2, -0.15) is 0 Å². The van der Waals surface area contributed by atoms with Gasteiger partial charge in [0.1, 0.15) is 5.69 Å². The quantitative estimate of drug-likeness (QED) is 0.826. The smallest absolute Gasteiger partial charge is 0.272 e. The lowest BCUT2D eigenvalue weighted by Crippen LogP contribution is -2.46. The average molecular weight is 231 g/mol. The second-order valence-electron chi connectivity index (χ2n) is 4.79. The molecule has 0 unspecified atom stereocenters. The van der Waals surface area contributed by atoms with Gasteiger partial charge in [-0.3, -0.25) is 9.78 Å². The first kappa shape index (κ1) is 10.7. The number of pyridine rings is 1. The molecule has 2 fully saturated rings. The van der Waals surface area contributed by atoms with Crippen LogP contribution in [-0.4, -0.2) is 42.0 Å². The van der Waals surface area contributed by atoms with E-state index in [1.54, 1.807) is 0 Å². The first-order valence-electron chi connectivity index (χ1n) is 6.30. The number of hydrogen-bond donors (Lipinski definition) is 1. The molecule has 0 bridgehead atoms. The van der Waals surface area contributed by atoms with Crippen molar-refractivity contribution in [3.63, 3.8) is 0 Å². The number of nitrogens with zero attached hydrogens (tertiary/aromatic N) is 2. The summed E-state index contributed by atoms with van der Waals surface area (Å²) in [6.45, 7) is 3.33. The number of amides is 1. The highest BCUT2D eigenvalue weighted by Crippen LogP contribution is 2.39. The third-order valence-electron chi connectivity index (χ3n) is 3.46. The minimum absolute atomic E-state index is 0.0637. The number of aromatic nitrogens is 1. The number of piperazine rings is 1. The summed E-state index contributed by atoms with van der Waals surface area (Å²) < 4.78 is 0. The van der Waals surface area contributed by atoms with Gasteiger partial charge in [0, 0.05) is 32.4 Å². The van der Waals surface area contributed by atoms with Gasteiger partial charge in [-0.1, -0.05) is 6.07 Å². The van der Waals surface area contributed by atoms with Crippen LogP contribution >= 0.6 is 0 Å². The number of nitrogens with one attached hydrogen (secondary N) is 1. The Morgan fingerprint density at radius 2 is 2.06 bits per heavy atom. The molecule has 1 N–H and O–H groups in total. The molecule has 0 atom stereocenters. The Balaban J connectivity index is 1.71. The van der Waals surface area contributed by atoms with Gasteiger partial charge in [0.15, 0.2) is 0 Å². The second-order valence-corrected chi connectivity index (χ2v) is 4.79. The first-order valence-corrected chi connectivity index (χ1v) is 6.30. The summed E-state index contributed by atoms with van der Waals surface area (Å²) in [6, 6.07) is 3.93. The monoisotopic (exact) mass is 231 g/mol. The van der Waals surface area contributed by atoms with Gasteiger partial charge < -0.3 is 10.2 Å². The Hall–Kier alpha value is -1.42. The van der Waals surface area contributed by atoms with Crippen molar-refractivity contribution in [1.82, 2.24) is 15.2 Å². The van der Waals surface area contributed by atoms with E-state index in [9.17, 15) is 4.79 Å². The zero-order chi connectivity index (χ0) is 11.7. The summed E-state index contributed by atoms with van der Waals surface area (Å²) in [5, 5.41) is 3.24. The van der Waals surface area contributed by atoms with Gasteiger partial charge in [-0.15, -0.1) is 0 Å². The number of carbonyl (C=O) groups excluding carboxylic acids is 1.